The highest BCUT2D eigenvalue weighted by Crippen LogP contribution is 2.26. The number of nitrogens with one attached hydrogen (secondary N) is 1. The zero-order valence-electron chi connectivity index (χ0n) is 13.9. The second-order valence-corrected chi connectivity index (χ2v) is 6.03. The molecular formula is C21H17N3O. The molecule has 0 amide bonds. The quantitative estimate of drug-likeness (QED) is 0.621. The fourth-order valence-corrected chi connectivity index (χ4v) is 3.00. The van der Waals surface area contributed by atoms with Gasteiger partial charge in [-0.3, -0.25) is 4.79 Å². The summed E-state index contributed by atoms with van der Waals surface area (Å²) in [7, 11) is 0. The van der Waals surface area contributed by atoms with Gasteiger partial charge in [0.2, 0.25) is 0 Å². The van der Waals surface area contributed by atoms with Gasteiger partial charge in [-0.15, -0.1) is 0 Å². The maximum Gasteiger partial charge on any atom is 0.260 e. The minimum Gasteiger partial charge on any atom is -0.310 e. The number of hydrogen-bond acceptors (Lipinski definition) is 3. The van der Waals surface area contributed by atoms with E-state index in [1.165, 1.54) is 5.56 Å². The molecule has 0 fully saturated rings. The molecule has 0 saturated heterocycles. The van der Waals surface area contributed by atoms with E-state index in [0.29, 0.717) is 23.3 Å². The number of aromatic amines is 1. The number of rotatable bonds is 3. The van der Waals surface area contributed by atoms with Crippen LogP contribution < -0.4 is 5.56 Å². The molecule has 0 spiro atoms. The third-order valence-corrected chi connectivity index (χ3v) is 4.19. The molecule has 2 aromatic carbocycles. The molecule has 2 aromatic heterocycles. The molecule has 0 aliphatic carbocycles. The SMILES string of the molecule is Cc1nc2nc(Cc3ccccc3)c(-c3ccccc3)cc2c(=O)[nH]1. The second kappa shape index (κ2) is 6.32. The van der Waals surface area contributed by atoms with E-state index in [4.69, 9.17) is 4.98 Å². The van der Waals surface area contributed by atoms with Crippen molar-refractivity contribution >= 4 is 11.0 Å². The molecule has 122 valence electrons. The van der Waals surface area contributed by atoms with E-state index in [1.54, 1.807) is 6.92 Å². The molecule has 0 aliphatic heterocycles. The third kappa shape index (κ3) is 3.06. The molecule has 4 heteroatoms. The fraction of sp³-hybridized carbons (Fsp3) is 0.0952. The maximum absolute atomic E-state index is 12.3. The van der Waals surface area contributed by atoms with Gasteiger partial charge in [0.05, 0.1) is 11.1 Å². The van der Waals surface area contributed by atoms with Crippen LogP contribution in [0.4, 0.5) is 0 Å². The van der Waals surface area contributed by atoms with Crippen molar-refractivity contribution in [1.29, 1.82) is 0 Å². The lowest BCUT2D eigenvalue weighted by atomic mass is 9.98. The van der Waals surface area contributed by atoms with Crippen LogP contribution in [0.25, 0.3) is 22.2 Å². The summed E-state index contributed by atoms with van der Waals surface area (Å²) in [6.45, 7) is 1.77. The van der Waals surface area contributed by atoms with Crippen LogP contribution in [-0.2, 0) is 6.42 Å². The molecule has 0 atom stereocenters. The van der Waals surface area contributed by atoms with E-state index in [2.05, 4.69) is 22.1 Å². The number of fused-ring (bicyclic) bond motifs is 1. The Bertz CT molecular complexity index is 1090. The Morgan fingerprint density at radius 2 is 1.60 bits per heavy atom. The van der Waals surface area contributed by atoms with Crippen molar-refractivity contribution in [2.75, 3.05) is 0 Å². The van der Waals surface area contributed by atoms with E-state index in [0.717, 1.165) is 16.8 Å². The first-order valence-electron chi connectivity index (χ1n) is 8.20. The van der Waals surface area contributed by atoms with Gasteiger partial charge in [-0.1, -0.05) is 60.7 Å². The molecule has 4 nitrogen and oxygen atoms in total. The molecule has 2 heterocycles. The molecule has 1 N–H and O–H groups in total. The number of aromatic nitrogens is 3. The Labute approximate surface area is 145 Å². The number of benzene rings is 2. The number of hydrogen-bond donors (Lipinski definition) is 1. The van der Waals surface area contributed by atoms with Crippen LogP contribution >= 0.6 is 0 Å². The highest BCUT2D eigenvalue weighted by atomic mass is 16.1. The van der Waals surface area contributed by atoms with E-state index < -0.39 is 0 Å². The molecule has 0 saturated carbocycles. The first-order chi connectivity index (χ1) is 12.2. The number of pyridine rings is 1. The zero-order chi connectivity index (χ0) is 17.2. The van der Waals surface area contributed by atoms with Gasteiger partial charge < -0.3 is 4.98 Å². The van der Waals surface area contributed by atoms with Crippen molar-refractivity contribution in [3.8, 4) is 11.1 Å². The summed E-state index contributed by atoms with van der Waals surface area (Å²) < 4.78 is 0. The van der Waals surface area contributed by atoms with Crippen molar-refractivity contribution in [1.82, 2.24) is 15.0 Å². The Kier molecular flexibility index (Phi) is 3.86. The summed E-state index contributed by atoms with van der Waals surface area (Å²) in [6.07, 6.45) is 0.689. The first kappa shape index (κ1) is 15.3. The molecular weight excluding hydrogens is 310 g/mol. The summed E-state index contributed by atoms with van der Waals surface area (Å²) in [5.74, 6) is 0.572. The molecule has 0 radical (unpaired) electrons. The predicted octanol–water partition coefficient (Wildman–Crippen LogP) is 3.88. The van der Waals surface area contributed by atoms with E-state index >= 15 is 0 Å². The zero-order valence-corrected chi connectivity index (χ0v) is 13.9. The lowest BCUT2D eigenvalue weighted by molar-refractivity contribution is 1.02. The van der Waals surface area contributed by atoms with Crippen molar-refractivity contribution in [2.45, 2.75) is 13.3 Å². The van der Waals surface area contributed by atoms with E-state index in [1.807, 2.05) is 54.6 Å². The van der Waals surface area contributed by atoms with Crippen molar-refractivity contribution in [3.05, 3.63) is 94.2 Å². The first-order valence-corrected chi connectivity index (χ1v) is 8.20. The van der Waals surface area contributed by atoms with Crippen LogP contribution in [0.2, 0.25) is 0 Å². The van der Waals surface area contributed by atoms with Crippen LogP contribution in [0.1, 0.15) is 17.1 Å². The van der Waals surface area contributed by atoms with Gasteiger partial charge in [0.25, 0.3) is 5.56 Å². The molecule has 25 heavy (non-hydrogen) atoms. The van der Waals surface area contributed by atoms with Crippen molar-refractivity contribution in [2.24, 2.45) is 0 Å². The number of aryl methyl sites for hydroxylation is 1. The Hall–Kier alpha value is -3.27. The number of nitrogens with zero attached hydrogens (tertiary/aromatic N) is 2. The minimum absolute atomic E-state index is 0.154. The van der Waals surface area contributed by atoms with Gasteiger partial charge in [0.1, 0.15) is 5.82 Å². The second-order valence-electron chi connectivity index (χ2n) is 6.03. The average Bonchev–Trinajstić information content (AvgIpc) is 2.63. The number of H-pyrrole nitrogens is 1. The lowest BCUT2D eigenvalue weighted by Crippen LogP contribution is -2.12. The highest BCUT2D eigenvalue weighted by Gasteiger charge is 2.13. The average molecular weight is 327 g/mol. The van der Waals surface area contributed by atoms with Crippen molar-refractivity contribution < 1.29 is 0 Å². The predicted molar refractivity (Wildman–Crippen MR) is 99.6 cm³/mol. The summed E-state index contributed by atoms with van der Waals surface area (Å²) in [5, 5.41) is 0.515. The summed E-state index contributed by atoms with van der Waals surface area (Å²) in [4.78, 5) is 24.2. The molecule has 0 aliphatic rings. The largest absolute Gasteiger partial charge is 0.310 e. The lowest BCUT2D eigenvalue weighted by Gasteiger charge is -2.11. The van der Waals surface area contributed by atoms with Crippen LogP contribution in [0.15, 0.2) is 71.5 Å². The Morgan fingerprint density at radius 3 is 2.32 bits per heavy atom. The minimum atomic E-state index is -0.154. The van der Waals surface area contributed by atoms with Crippen LogP contribution in [0.3, 0.4) is 0 Å². The molecule has 4 aromatic rings. The van der Waals surface area contributed by atoms with Crippen LogP contribution in [0.5, 0.6) is 0 Å². The summed E-state index contributed by atoms with van der Waals surface area (Å²) >= 11 is 0. The van der Waals surface area contributed by atoms with Gasteiger partial charge in [0, 0.05) is 12.0 Å². The monoisotopic (exact) mass is 327 g/mol. The third-order valence-electron chi connectivity index (χ3n) is 4.19. The Morgan fingerprint density at radius 1 is 0.920 bits per heavy atom. The molecule has 0 bridgehead atoms. The topological polar surface area (TPSA) is 58.6 Å². The van der Waals surface area contributed by atoms with Gasteiger partial charge in [-0.25, -0.2) is 9.97 Å². The molecule has 4 rings (SSSR count). The van der Waals surface area contributed by atoms with Gasteiger partial charge in [-0.2, -0.15) is 0 Å². The standard InChI is InChI=1S/C21H17N3O/c1-14-22-20-18(21(25)23-14)13-17(16-10-6-3-7-11-16)19(24-20)12-15-8-4-2-5-9-15/h2-11,13H,12H2,1H3,(H,22,23,24,25). The van der Waals surface area contributed by atoms with E-state index in [9.17, 15) is 4.79 Å². The van der Waals surface area contributed by atoms with Crippen LogP contribution in [-0.4, -0.2) is 15.0 Å². The van der Waals surface area contributed by atoms with Gasteiger partial charge in [0.15, 0.2) is 5.65 Å². The van der Waals surface area contributed by atoms with Gasteiger partial charge >= 0.3 is 0 Å². The molecule has 0 unspecified atom stereocenters. The van der Waals surface area contributed by atoms with Gasteiger partial charge in [-0.05, 0) is 24.1 Å². The highest BCUT2D eigenvalue weighted by molar-refractivity contribution is 5.82. The van der Waals surface area contributed by atoms with E-state index in [-0.39, 0.29) is 5.56 Å². The summed E-state index contributed by atoms with van der Waals surface area (Å²) in [5.41, 5.74) is 4.44. The Balaban J connectivity index is 1.96. The maximum atomic E-state index is 12.3. The fourth-order valence-electron chi connectivity index (χ4n) is 3.00. The smallest absolute Gasteiger partial charge is 0.260 e. The van der Waals surface area contributed by atoms with Crippen LogP contribution in [0, 0.1) is 6.92 Å². The normalized spacial score (nSPS) is 10.9. The summed E-state index contributed by atoms with van der Waals surface area (Å²) in [6, 6.07) is 22.1. The van der Waals surface area contributed by atoms with Crippen molar-refractivity contribution in [3.63, 3.8) is 0 Å².